The number of anilines is 1. The molecule has 38 heavy (non-hydrogen) atoms. The molecule has 0 fully saturated rings. The van der Waals surface area contributed by atoms with Crippen LogP contribution >= 0.6 is 11.3 Å². The summed E-state index contributed by atoms with van der Waals surface area (Å²) >= 11 is 1.15. The molecule has 10 heteroatoms. The fourth-order valence-corrected chi connectivity index (χ4v) is 4.68. The third-order valence-electron chi connectivity index (χ3n) is 5.99. The van der Waals surface area contributed by atoms with Crippen molar-refractivity contribution in [3.05, 3.63) is 69.6 Å². The number of carbonyl (C=O) groups is 2. The van der Waals surface area contributed by atoms with Crippen molar-refractivity contribution in [3.8, 4) is 17.0 Å². The van der Waals surface area contributed by atoms with Gasteiger partial charge in [-0.25, -0.2) is 18.6 Å². The van der Waals surface area contributed by atoms with Crippen LogP contribution in [0.1, 0.15) is 67.1 Å². The molecular weight excluding hydrogens is 514 g/mol. The molecule has 0 spiro atoms. The predicted molar refractivity (Wildman–Crippen MR) is 144 cm³/mol. The van der Waals surface area contributed by atoms with E-state index in [0.29, 0.717) is 11.4 Å². The Labute approximate surface area is 224 Å². The number of carbonyl (C=O) groups excluding carboxylic acids is 1. The van der Waals surface area contributed by atoms with E-state index in [-0.39, 0.29) is 22.4 Å². The zero-order valence-corrected chi connectivity index (χ0v) is 22.5. The first-order valence-electron chi connectivity index (χ1n) is 12.1. The summed E-state index contributed by atoms with van der Waals surface area (Å²) in [7, 11) is 3.25. The Kier molecular flexibility index (Phi) is 10.1. The van der Waals surface area contributed by atoms with E-state index in [4.69, 9.17) is 14.6 Å². The van der Waals surface area contributed by atoms with Gasteiger partial charge in [0.1, 0.15) is 17.4 Å². The minimum Gasteiger partial charge on any atom is -0.496 e. The van der Waals surface area contributed by atoms with E-state index in [1.807, 2.05) is 18.2 Å². The van der Waals surface area contributed by atoms with E-state index in [1.54, 1.807) is 19.6 Å². The van der Waals surface area contributed by atoms with Gasteiger partial charge in [-0.3, -0.25) is 10.1 Å². The number of nitrogens with one attached hydrogen (secondary N) is 1. The molecule has 202 valence electrons. The Morgan fingerprint density at radius 2 is 1.89 bits per heavy atom. The zero-order valence-electron chi connectivity index (χ0n) is 21.6. The lowest BCUT2D eigenvalue weighted by Gasteiger charge is -2.20. The highest BCUT2D eigenvalue weighted by molar-refractivity contribution is 7.14. The highest BCUT2D eigenvalue weighted by atomic mass is 32.1. The molecule has 0 saturated heterocycles. The van der Waals surface area contributed by atoms with Crippen LogP contribution < -0.4 is 10.1 Å². The van der Waals surface area contributed by atoms with Crippen LogP contribution in [0.25, 0.3) is 17.3 Å². The van der Waals surface area contributed by atoms with E-state index in [9.17, 15) is 18.4 Å². The Hall–Kier alpha value is -3.63. The normalized spacial score (nSPS) is 12.3. The van der Waals surface area contributed by atoms with E-state index in [2.05, 4.69) is 17.2 Å². The molecule has 7 nitrogen and oxygen atoms in total. The van der Waals surface area contributed by atoms with Crippen LogP contribution in [0.2, 0.25) is 0 Å². The number of nitrogens with zero attached hydrogens (tertiary/aromatic N) is 1. The number of aromatic nitrogens is 1. The molecule has 1 unspecified atom stereocenters. The van der Waals surface area contributed by atoms with Gasteiger partial charge in [0.25, 0.3) is 5.91 Å². The number of aliphatic carboxylic acids is 1. The third kappa shape index (κ3) is 6.81. The molecule has 2 N–H and O–H groups in total. The number of carboxylic acids is 1. The fourth-order valence-electron chi connectivity index (χ4n) is 3.97. The van der Waals surface area contributed by atoms with Gasteiger partial charge in [-0.2, -0.15) is 0 Å². The summed E-state index contributed by atoms with van der Waals surface area (Å²) in [6.07, 6.45) is 4.81. The summed E-state index contributed by atoms with van der Waals surface area (Å²) in [6.45, 7) is 3.36. The molecule has 0 aliphatic carbocycles. The lowest BCUT2D eigenvalue weighted by molar-refractivity contribution is -0.132. The second kappa shape index (κ2) is 13.3. The number of carboxylic acid groups (broad SMARTS) is 1. The number of amides is 1. The smallest absolute Gasteiger partial charge is 0.331 e. The molecule has 0 saturated carbocycles. The Morgan fingerprint density at radius 1 is 1.18 bits per heavy atom. The van der Waals surface area contributed by atoms with Crippen LogP contribution in [0.3, 0.4) is 0 Å². The summed E-state index contributed by atoms with van der Waals surface area (Å²) in [6, 6.07) is 7.41. The first kappa shape index (κ1) is 28.9. The number of halogens is 2. The number of benzene rings is 2. The fraction of sp³-hybridized carbons (Fsp3) is 0.321. The molecule has 1 heterocycles. The molecule has 3 aromatic rings. The minimum atomic E-state index is -1.30. The van der Waals surface area contributed by atoms with Gasteiger partial charge in [0.2, 0.25) is 0 Å². The lowest BCUT2D eigenvalue weighted by atomic mass is 9.98. The number of methoxy groups -OCH3 is 2. The molecular formula is C28H30F2N2O5S. The van der Waals surface area contributed by atoms with Crippen molar-refractivity contribution in [3.63, 3.8) is 0 Å². The molecule has 0 aliphatic heterocycles. The van der Waals surface area contributed by atoms with E-state index >= 15 is 0 Å². The van der Waals surface area contributed by atoms with Crippen molar-refractivity contribution < 1.29 is 33.0 Å². The summed E-state index contributed by atoms with van der Waals surface area (Å²) in [5.74, 6) is -3.54. The Bertz CT molecular complexity index is 1320. The van der Waals surface area contributed by atoms with E-state index < -0.39 is 29.1 Å². The second-order valence-corrected chi connectivity index (χ2v) is 9.48. The molecule has 1 atom stereocenters. The summed E-state index contributed by atoms with van der Waals surface area (Å²) in [5, 5.41) is 13.5. The van der Waals surface area contributed by atoms with Gasteiger partial charge in [-0.05, 0) is 37.6 Å². The summed E-state index contributed by atoms with van der Waals surface area (Å²) in [4.78, 5) is 28.2. The van der Waals surface area contributed by atoms with Crippen LogP contribution in [-0.2, 0) is 9.53 Å². The molecule has 2 aromatic carbocycles. The van der Waals surface area contributed by atoms with Crippen molar-refractivity contribution in [1.29, 1.82) is 0 Å². The molecule has 3 rings (SSSR count). The molecule has 0 bridgehead atoms. The SMILES string of the molecule is CCCCCC(OC)c1cccc(-c2csc(NC(=O)c3cc(F)c(C=C(C)C(=O)O)c(F)c3)n2)c1OC. The van der Waals surface area contributed by atoms with E-state index in [1.165, 1.54) is 6.92 Å². The van der Waals surface area contributed by atoms with Gasteiger partial charge < -0.3 is 14.6 Å². The number of hydrogen-bond donors (Lipinski definition) is 2. The van der Waals surface area contributed by atoms with Crippen molar-refractivity contribution in [2.75, 3.05) is 19.5 Å². The largest absolute Gasteiger partial charge is 0.496 e. The molecule has 1 aromatic heterocycles. The van der Waals surface area contributed by atoms with Gasteiger partial charge in [0, 0.05) is 40.3 Å². The van der Waals surface area contributed by atoms with Crippen LogP contribution in [0.5, 0.6) is 5.75 Å². The second-order valence-electron chi connectivity index (χ2n) is 8.63. The highest BCUT2D eigenvalue weighted by Gasteiger charge is 2.21. The highest BCUT2D eigenvalue weighted by Crippen LogP contribution is 2.39. The van der Waals surface area contributed by atoms with Crippen LogP contribution in [0.15, 0.2) is 41.3 Å². The number of unbranched alkanes of at least 4 members (excludes halogenated alkanes) is 2. The van der Waals surface area contributed by atoms with Gasteiger partial charge >= 0.3 is 5.97 Å². The van der Waals surface area contributed by atoms with Crippen LogP contribution in [-0.4, -0.2) is 36.2 Å². The molecule has 0 aliphatic rings. The molecule has 1 amide bonds. The van der Waals surface area contributed by atoms with Crippen molar-refractivity contribution in [2.24, 2.45) is 0 Å². The van der Waals surface area contributed by atoms with Gasteiger partial charge in [0.15, 0.2) is 5.13 Å². The topological polar surface area (TPSA) is 97.8 Å². The van der Waals surface area contributed by atoms with Crippen LogP contribution in [0.4, 0.5) is 13.9 Å². The number of para-hydroxylation sites is 1. The number of thiazole rings is 1. The number of hydrogen-bond acceptors (Lipinski definition) is 6. The first-order chi connectivity index (χ1) is 18.2. The average molecular weight is 545 g/mol. The monoisotopic (exact) mass is 544 g/mol. The third-order valence-corrected chi connectivity index (χ3v) is 6.75. The van der Waals surface area contributed by atoms with Crippen LogP contribution in [0, 0.1) is 11.6 Å². The maximum absolute atomic E-state index is 14.5. The quantitative estimate of drug-likeness (QED) is 0.186. The van der Waals surface area contributed by atoms with Crippen molar-refractivity contribution >= 4 is 34.4 Å². The number of ether oxygens (including phenoxy) is 2. The maximum Gasteiger partial charge on any atom is 0.331 e. The van der Waals surface area contributed by atoms with E-state index in [0.717, 1.165) is 66.4 Å². The van der Waals surface area contributed by atoms with Crippen molar-refractivity contribution in [2.45, 2.75) is 45.6 Å². The average Bonchev–Trinajstić information content (AvgIpc) is 3.36. The maximum atomic E-state index is 14.5. The Morgan fingerprint density at radius 3 is 2.50 bits per heavy atom. The predicted octanol–water partition coefficient (Wildman–Crippen LogP) is 7.10. The number of rotatable bonds is 12. The lowest BCUT2D eigenvalue weighted by Crippen LogP contribution is -2.13. The standard InChI is InChI=1S/C28H30F2N2O5S/c1-5-6-7-11-24(36-3)19-10-8-9-18(25(19)37-4)23-15-38-28(31-23)32-26(33)17-13-21(29)20(22(30)14-17)12-16(2)27(34)35/h8-10,12-15,24H,5-7,11H2,1-4H3,(H,34,35)(H,31,32,33). The van der Waals surface area contributed by atoms with Gasteiger partial charge in [0.05, 0.1) is 18.9 Å². The van der Waals surface area contributed by atoms with Crippen molar-refractivity contribution in [1.82, 2.24) is 4.98 Å². The van der Waals surface area contributed by atoms with Gasteiger partial charge in [-0.1, -0.05) is 38.3 Å². The summed E-state index contributed by atoms with van der Waals surface area (Å²) < 4.78 is 40.4. The summed E-state index contributed by atoms with van der Waals surface area (Å²) in [5.41, 5.74) is 1.15. The first-order valence-corrected chi connectivity index (χ1v) is 13.0. The van der Waals surface area contributed by atoms with Gasteiger partial charge in [-0.15, -0.1) is 11.3 Å². The minimum absolute atomic E-state index is 0.142. The zero-order chi connectivity index (χ0) is 27.8. The molecule has 0 radical (unpaired) electrons. The Balaban J connectivity index is 1.84.